The first-order chi connectivity index (χ1) is 11.1. The number of likely N-dealkylation sites (N-methyl/N-ethyl adjacent to an activating group) is 1. The summed E-state index contributed by atoms with van der Waals surface area (Å²) < 4.78 is 13.7. The second-order valence-electron chi connectivity index (χ2n) is 5.66. The van der Waals surface area contributed by atoms with Crippen molar-refractivity contribution in [3.8, 4) is 0 Å². The number of nitrogens with zero attached hydrogens (tertiary/aromatic N) is 3. The van der Waals surface area contributed by atoms with Gasteiger partial charge in [-0.3, -0.25) is 9.78 Å². The van der Waals surface area contributed by atoms with E-state index in [0.29, 0.717) is 30.0 Å². The molecule has 5 nitrogen and oxygen atoms in total. The number of nitrogens with one attached hydrogen (secondary N) is 1. The zero-order valence-corrected chi connectivity index (χ0v) is 13.0. The Hall–Kier alpha value is -2.47. The van der Waals surface area contributed by atoms with Gasteiger partial charge in [0.2, 0.25) is 0 Å². The second kappa shape index (κ2) is 6.75. The number of para-hydroxylation sites is 1. The predicted octanol–water partition coefficient (Wildman–Crippen LogP) is 2.35. The molecule has 0 radical (unpaired) electrons. The van der Waals surface area contributed by atoms with Gasteiger partial charge >= 0.3 is 0 Å². The van der Waals surface area contributed by atoms with Gasteiger partial charge < -0.3 is 15.1 Å². The van der Waals surface area contributed by atoms with E-state index in [1.807, 2.05) is 11.9 Å². The van der Waals surface area contributed by atoms with Gasteiger partial charge in [0.1, 0.15) is 5.82 Å². The molecule has 0 saturated carbocycles. The summed E-state index contributed by atoms with van der Waals surface area (Å²) in [5.74, 6) is -0.383. The summed E-state index contributed by atoms with van der Waals surface area (Å²) in [5.41, 5.74) is 1.46. The van der Waals surface area contributed by atoms with Crippen LogP contribution in [0.15, 0.2) is 42.7 Å². The number of halogens is 1. The van der Waals surface area contributed by atoms with Crippen molar-refractivity contribution in [2.24, 2.45) is 0 Å². The average Bonchev–Trinajstić information content (AvgIpc) is 2.57. The number of carbonyl (C=O) groups is 1. The van der Waals surface area contributed by atoms with E-state index in [4.69, 9.17) is 0 Å². The fraction of sp³-hybridized carbons (Fsp3) is 0.294. The van der Waals surface area contributed by atoms with Gasteiger partial charge in [-0.2, -0.15) is 0 Å². The van der Waals surface area contributed by atoms with Crippen LogP contribution >= 0.6 is 0 Å². The number of piperazine rings is 1. The molecular weight excluding hydrogens is 295 g/mol. The molecule has 1 aliphatic heterocycles. The van der Waals surface area contributed by atoms with Crippen LogP contribution in [-0.4, -0.2) is 53.9 Å². The number of pyridine rings is 1. The highest BCUT2D eigenvalue weighted by Gasteiger charge is 2.20. The maximum absolute atomic E-state index is 13.7. The molecule has 1 aromatic heterocycles. The molecule has 0 bridgehead atoms. The minimum atomic E-state index is -0.344. The van der Waals surface area contributed by atoms with E-state index in [2.05, 4.69) is 15.2 Å². The highest BCUT2D eigenvalue weighted by molar-refractivity contribution is 5.95. The van der Waals surface area contributed by atoms with E-state index in [-0.39, 0.29) is 11.7 Å². The molecule has 1 amide bonds. The topological polar surface area (TPSA) is 48.5 Å². The monoisotopic (exact) mass is 314 g/mol. The third kappa shape index (κ3) is 3.65. The molecule has 0 atom stereocenters. The summed E-state index contributed by atoms with van der Waals surface area (Å²) in [7, 11) is 2.04. The van der Waals surface area contributed by atoms with Gasteiger partial charge in [0.15, 0.2) is 0 Å². The molecule has 1 aliphatic rings. The number of anilines is 2. The molecule has 120 valence electrons. The van der Waals surface area contributed by atoms with Gasteiger partial charge in [-0.25, -0.2) is 4.39 Å². The minimum absolute atomic E-state index is 0.0391. The standard InChI is InChI=1S/C17H19FN4O/c1-21-6-8-22(9-7-21)17(23)13-10-14(12-19-11-13)20-16-5-3-2-4-15(16)18/h2-5,10-12,20H,6-9H2,1H3. The predicted molar refractivity (Wildman–Crippen MR) is 87.3 cm³/mol. The first-order valence-electron chi connectivity index (χ1n) is 7.58. The van der Waals surface area contributed by atoms with Gasteiger partial charge in [0.25, 0.3) is 5.91 Å². The van der Waals surface area contributed by atoms with Crippen LogP contribution in [0.2, 0.25) is 0 Å². The molecule has 2 heterocycles. The molecule has 1 N–H and O–H groups in total. The van der Waals surface area contributed by atoms with Crippen LogP contribution in [0.5, 0.6) is 0 Å². The average molecular weight is 314 g/mol. The lowest BCUT2D eigenvalue weighted by molar-refractivity contribution is 0.0663. The maximum Gasteiger partial charge on any atom is 0.255 e. The van der Waals surface area contributed by atoms with Crippen LogP contribution < -0.4 is 5.32 Å². The van der Waals surface area contributed by atoms with Gasteiger partial charge in [-0.15, -0.1) is 0 Å². The number of benzene rings is 1. The van der Waals surface area contributed by atoms with Crippen LogP contribution in [0.1, 0.15) is 10.4 Å². The SMILES string of the molecule is CN1CCN(C(=O)c2cncc(Nc3ccccc3F)c2)CC1. The Balaban J connectivity index is 1.75. The highest BCUT2D eigenvalue weighted by Crippen LogP contribution is 2.20. The van der Waals surface area contributed by atoms with Crippen LogP contribution in [0.4, 0.5) is 15.8 Å². The lowest BCUT2D eigenvalue weighted by atomic mass is 10.2. The van der Waals surface area contributed by atoms with Crippen LogP contribution in [-0.2, 0) is 0 Å². The van der Waals surface area contributed by atoms with Gasteiger partial charge in [-0.1, -0.05) is 12.1 Å². The molecular formula is C17H19FN4O. The Bertz CT molecular complexity index is 698. The zero-order chi connectivity index (χ0) is 16.2. The van der Waals surface area contributed by atoms with Crippen molar-refractivity contribution in [2.45, 2.75) is 0 Å². The number of amides is 1. The third-order valence-corrected chi connectivity index (χ3v) is 3.93. The molecule has 3 rings (SSSR count). The van der Waals surface area contributed by atoms with E-state index >= 15 is 0 Å². The van der Waals surface area contributed by atoms with Crippen LogP contribution in [0, 0.1) is 5.82 Å². The number of aromatic nitrogens is 1. The van der Waals surface area contributed by atoms with Crippen molar-refractivity contribution in [2.75, 3.05) is 38.5 Å². The van der Waals surface area contributed by atoms with Crippen LogP contribution in [0.3, 0.4) is 0 Å². The molecule has 2 aromatic rings. The first-order valence-corrected chi connectivity index (χ1v) is 7.58. The molecule has 1 fully saturated rings. The van der Waals surface area contributed by atoms with Crippen molar-refractivity contribution >= 4 is 17.3 Å². The summed E-state index contributed by atoms with van der Waals surface area (Å²) in [6, 6.07) is 8.11. The fourth-order valence-electron chi connectivity index (χ4n) is 2.54. The Morgan fingerprint density at radius 2 is 1.91 bits per heavy atom. The zero-order valence-electron chi connectivity index (χ0n) is 13.0. The number of carbonyl (C=O) groups excluding carboxylic acids is 1. The van der Waals surface area contributed by atoms with Crippen molar-refractivity contribution < 1.29 is 9.18 Å². The third-order valence-electron chi connectivity index (χ3n) is 3.93. The Morgan fingerprint density at radius 3 is 2.65 bits per heavy atom. The van der Waals surface area contributed by atoms with Gasteiger partial charge in [0, 0.05) is 32.4 Å². The van der Waals surface area contributed by atoms with Crippen molar-refractivity contribution in [3.05, 3.63) is 54.1 Å². The molecule has 1 aromatic carbocycles. The largest absolute Gasteiger partial charge is 0.352 e. The van der Waals surface area contributed by atoms with E-state index in [9.17, 15) is 9.18 Å². The van der Waals surface area contributed by atoms with Gasteiger partial charge in [0.05, 0.1) is 23.1 Å². The summed E-state index contributed by atoms with van der Waals surface area (Å²) >= 11 is 0. The lowest BCUT2D eigenvalue weighted by Crippen LogP contribution is -2.47. The summed E-state index contributed by atoms with van der Waals surface area (Å²) in [5, 5.41) is 2.96. The van der Waals surface area contributed by atoms with E-state index in [1.165, 1.54) is 6.07 Å². The van der Waals surface area contributed by atoms with E-state index in [1.54, 1.807) is 36.7 Å². The minimum Gasteiger partial charge on any atom is -0.352 e. The lowest BCUT2D eigenvalue weighted by Gasteiger charge is -2.32. The Morgan fingerprint density at radius 1 is 1.17 bits per heavy atom. The Kier molecular flexibility index (Phi) is 4.52. The summed E-state index contributed by atoms with van der Waals surface area (Å²) in [6.45, 7) is 3.15. The summed E-state index contributed by atoms with van der Waals surface area (Å²) in [6.07, 6.45) is 3.13. The Labute approximate surface area is 134 Å². The van der Waals surface area contributed by atoms with E-state index < -0.39 is 0 Å². The quantitative estimate of drug-likeness (QED) is 0.945. The number of hydrogen-bond acceptors (Lipinski definition) is 4. The molecule has 23 heavy (non-hydrogen) atoms. The van der Waals surface area contributed by atoms with Crippen LogP contribution in [0.25, 0.3) is 0 Å². The second-order valence-corrected chi connectivity index (χ2v) is 5.66. The molecule has 0 spiro atoms. The molecule has 0 unspecified atom stereocenters. The summed E-state index contributed by atoms with van der Waals surface area (Å²) in [4.78, 5) is 20.7. The maximum atomic E-state index is 13.7. The van der Waals surface area contributed by atoms with Gasteiger partial charge in [-0.05, 0) is 25.2 Å². The smallest absolute Gasteiger partial charge is 0.255 e. The first kappa shape index (κ1) is 15.4. The van der Waals surface area contributed by atoms with Crippen molar-refractivity contribution in [1.82, 2.24) is 14.8 Å². The normalized spacial score (nSPS) is 15.5. The molecule has 0 aliphatic carbocycles. The highest BCUT2D eigenvalue weighted by atomic mass is 19.1. The number of hydrogen-bond donors (Lipinski definition) is 1. The fourth-order valence-corrected chi connectivity index (χ4v) is 2.54. The number of rotatable bonds is 3. The molecule has 6 heteroatoms. The van der Waals surface area contributed by atoms with E-state index in [0.717, 1.165) is 13.1 Å². The molecule has 1 saturated heterocycles. The van der Waals surface area contributed by atoms with Crippen molar-refractivity contribution in [1.29, 1.82) is 0 Å². The van der Waals surface area contributed by atoms with Crippen molar-refractivity contribution in [3.63, 3.8) is 0 Å².